The first kappa shape index (κ1) is 12.6. The molecule has 0 saturated carbocycles. The number of thioether (sulfide) groups is 1. The Bertz CT molecular complexity index is 248. The van der Waals surface area contributed by atoms with Crippen molar-refractivity contribution in [3.8, 4) is 0 Å². The lowest BCUT2D eigenvalue weighted by molar-refractivity contribution is 0.550. The highest BCUT2D eigenvalue weighted by molar-refractivity contribution is 7.98. The normalized spacial score (nSPS) is 12.7. The van der Waals surface area contributed by atoms with E-state index < -0.39 is 0 Å². The van der Waals surface area contributed by atoms with Gasteiger partial charge in [-0.1, -0.05) is 37.3 Å². The van der Waals surface area contributed by atoms with E-state index in [1.807, 2.05) is 11.8 Å². The molecule has 0 spiro atoms. The van der Waals surface area contributed by atoms with Crippen molar-refractivity contribution in [2.24, 2.45) is 0 Å². The Morgan fingerprint density at radius 2 is 2.00 bits per heavy atom. The van der Waals surface area contributed by atoms with Crippen molar-refractivity contribution in [2.45, 2.75) is 25.8 Å². The van der Waals surface area contributed by atoms with Gasteiger partial charge in [-0.15, -0.1) is 0 Å². The van der Waals surface area contributed by atoms with Gasteiger partial charge in [0.1, 0.15) is 0 Å². The molecule has 0 aliphatic heterocycles. The van der Waals surface area contributed by atoms with Gasteiger partial charge in [0, 0.05) is 11.8 Å². The van der Waals surface area contributed by atoms with Gasteiger partial charge in [-0.25, -0.2) is 0 Å². The van der Waals surface area contributed by atoms with Crippen LogP contribution in [0.25, 0.3) is 0 Å². The molecule has 2 heteroatoms. The number of nitrogens with one attached hydrogen (secondary N) is 1. The minimum atomic E-state index is 0.613. The van der Waals surface area contributed by atoms with Crippen molar-refractivity contribution in [3.05, 3.63) is 35.9 Å². The topological polar surface area (TPSA) is 12.0 Å². The van der Waals surface area contributed by atoms with Gasteiger partial charge in [-0.05, 0) is 31.2 Å². The van der Waals surface area contributed by atoms with Crippen LogP contribution in [0.1, 0.15) is 18.9 Å². The van der Waals surface area contributed by atoms with Gasteiger partial charge in [0.05, 0.1) is 0 Å². The van der Waals surface area contributed by atoms with Crippen LogP contribution in [-0.4, -0.2) is 24.6 Å². The zero-order valence-electron chi connectivity index (χ0n) is 9.70. The second-order valence-electron chi connectivity index (χ2n) is 3.80. The molecule has 1 rings (SSSR count). The van der Waals surface area contributed by atoms with Gasteiger partial charge < -0.3 is 5.32 Å². The Kier molecular flexibility index (Phi) is 6.53. The first-order valence-corrected chi connectivity index (χ1v) is 7.02. The van der Waals surface area contributed by atoms with Gasteiger partial charge in [0.25, 0.3) is 0 Å². The quantitative estimate of drug-likeness (QED) is 0.763. The Labute approximate surface area is 97.7 Å². The summed E-state index contributed by atoms with van der Waals surface area (Å²) in [5.74, 6) is 1.19. The number of hydrogen-bond donors (Lipinski definition) is 1. The average Bonchev–Trinajstić information content (AvgIpc) is 2.28. The fourth-order valence-corrected chi connectivity index (χ4v) is 2.28. The maximum Gasteiger partial charge on any atom is 0.0198 e. The maximum atomic E-state index is 3.60. The van der Waals surface area contributed by atoms with Crippen molar-refractivity contribution >= 4 is 11.8 Å². The summed E-state index contributed by atoms with van der Waals surface area (Å²) in [4.78, 5) is 0. The lowest BCUT2D eigenvalue weighted by atomic mass is 10.1. The molecule has 84 valence electrons. The molecule has 0 amide bonds. The molecule has 1 atom stereocenters. The monoisotopic (exact) mass is 223 g/mol. The van der Waals surface area contributed by atoms with Gasteiger partial charge in [-0.3, -0.25) is 0 Å². The van der Waals surface area contributed by atoms with Crippen LogP contribution in [-0.2, 0) is 6.42 Å². The molecule has 0 aromatic heterocycles. The summed E-state index contributed by atoms with van der Waals surface area (Å²) >= 11 is 1.92. The molecule has 1 unspecified atom stereocenters. The van der Waals surface area contributed by atoms with E-state index in [1.54, 1.807) is 0 Å². The van der Waals surface area contributed by atoms with Crippen molar-refractivity contribution < 1.29 is 0 Å². The Morgan fingerprint density at radius 3 is 2.60 bits per heavy atom. The third-order valence-corrected chi connectivity index (χ3v) is 3.11. The second kappa shape index (κ2) is 7.77. The van der Waals surface area contributed by atoms with Gasteiger partial charge >= 0.3 is 0 Å². The van der Waals surface area contributed by atoms with E-state index in [4.69, 9.17) is 0 Å². The first-order valence-electron chi connectivity index (χ1n) is 5.63. The van der Waals surface area contributed by atoms with Crippen LogP contribution in [0.5, 0.6) is 0 Å². The largest absolute Gasteiger partial charge is 0.313 e. The van der Waals surface area contributed by atoms with Crippen molar-refractivity contribution in [1.82, 2.24) is 5.32 Å². The SMILES string of the molecule is CCCNC(CSC)Cc1ccccc1. The van der Waals surface area contributed by atoms with Crippen LogP contribution in [0.4, 0.5) is 0 Å². The van der Waals surface area contributed by atoms with Crippen LogP contribution in [0.2, 0.25) is 0 Å². The second-order valence-corrected chi connectivity index (χ2v) is 4.71. The Morgan fingerprint density at radius 1 is 1.27 bits per heavy atom. The lowest BCUT2D eigenvalue weighted by Gasteiger charge is -2.17. The Hall–Kier alpha value is -0.470. The summed E-state index contributed by atoms with van der Waals surface area (Å²) in [7, 11) is 0. The summed E-state index contributed by atoms with van der Waals surface area (Å²) in [6.45, 7) is 3.34. The smallest absolute Gasteiger partial charge is 0.0198 e. The van der Waals surface area contributed by atoms with E-state index in [-0.39, 0.29) is 0 Å². The maximum absolute atomic E-state index is 3.60. The number of benzene rings is 1. The van der Waals surface area contributed by atoms with Crippen LogP contribution < -0.4 is 5.32 Å². The summed E-state index contributed by atoms with van der Waals surface area (Å²) < 4.78 is 0. The van der Waals surface area contributed by atoms with E-state index in [0.717, 1.165) is 13.0 Å². The molecule has 1 nitrogen and oxygen atoms in total. The highest BCUT2D eigenvalue weighted by Gasteiger charge is 2.07. The molecular weight excluding hydrogens is 202 g/mol. The molecule has 1 aromatic rings. The molecule has 0 saturated heterocycles. The standard InChI is InChI=1S/C13H21NS/c1-3-9-14-13(11-15-2)10-12-7-5-4-6-8-12/h4-8,13-14H,3,9-11H2,1-2H3. The molecule has 0 heterocycles. The van der Waals surface area contributed by atoms with Crippen LogP contribution in [0.3, 0.4) is 0 Å². The highest BCUT2D eigenvalue weighted by Crippen LogP contribution is 2.07. The Balaban J connectivity index is 2.43. The molecule has 0 bridgehead atoms. The molecule has 0 aliphatic carbocycles. The van der Waals surface area contributed by atoms with Crippen molar-refractivity contribution in [2.75, 3.05) is 18.6 Å². The van der Waals surface area contributed by atoms with Crippen molar-refractivity contribution in [1.29, 1.82) is 0 Å². The highest BCUT2D eigenvalue weighted by atomic mass is 32.2. The summed E-state index contributed by atoms with van der Waals surface area (Å²) in [5.41, 5.74) is 1.43. The van der Waals surface area contributed by atoms with E-state index in [9.17, 15) is 0 Å². The molecule has 0 aliphatic rings. The predicted molar refractivity (Wildman–Crippen MR) is 70.6 cm³/mol. The third-order valence-electron chi connectivity index (χ3n) is 2.38. The molecule has 15 heavy (non-hydrogen) atoms. The molecule has 1 aromatic carbocycles. The van der Waals surface area contributed by atoms with E-state index in [2.05, 4.69) is 48.8 Å². The molecule has 0 radical (unpaired) electrons. The van der Waals surface area contributed by atoms with E-state index in [0.29, 0.717) is 6.04 Å². The molecule has 1 N–H and O–H groups in total. The van der Waals surface area contributed by atoms with Crippen LogP contribution in [0, 0.1) is 0 Å². The molecular formula is C13H21NS. The van der Waals surface area contributed by atoms with Crippen LogP contribution in [0.15, 0.2) is 30.3 Å². The minimum absolute atomic E-state index is 0.613. The van der Waals surface area contributed by atoms with Crippen LogP contribution >= 0.6 is 11.8 Å². The summed E-state index contributed by atoms with van der Waals surface area (Å²) in [6, 6.07) is 11.3. The number of hydrogen-bond acceptors (Lipinski definition) is 2. The van der Waals surface area contributed by atoms with E-state index >= 15 is 0 Å². The first-order chi connectivity index (χ1) is 7.36. The predicted octanol–water partition coefficient (Wildman–Crippen LogP) is 2.96. The lowest BCUT2D eigenvalue weighted by Crippen LogP contribution is -2.33. The van der Waals surface area contributed by atoms with Gasteiger partial charge in [-0.2, -0.15) is 11.8 Å². The zero-order valence-corrected chi connectivity index (χ0v) is 10.5. The summed E-state index contributed by atoms with van der Waals surface area (Å²) in [6.07, 6.45) is 4.52. The fraction of sp³-hybridized carbons (Fsp3) is 0.538. The van der Waals surface area contributed by atoms with Gasteiger partial charge in [0.15, 0.2) is 0 Å². The average molecular weight is 223 g/mol. The number of rotatable bonds is 7. The summed E-state index contributed by atoms with van der Waals surface area (Å²) in [5, 5.41) is 3.60. The van der Waals surface area contributed by atoms with E-state index in [1.165, 1.54) is 17.7 Å². The van der Waals surface area contributed by atoms with Crippen molar-refractivity contribution in [3.63, 3.8) is 0 Å². The fourth-order valence-electron chi connectivity index (χ4n) is 1.64. The third kappa shape index (κ3) is 5.24. The molecule has 0 fully saturated rings. The van der Waals surface area contributed by atoms with Gasteiger partial charge in [0.2, 0.25) is 0 Å². The minimum Gasteiger partial charge on any atom is -0.313 e. The zero-order chi connectivity index (χ0) is 10.9.